The van der Waals surface area contributed by atoms with E-state index in [2.05, 4.69) is 13.8 Å². The van der Waals surface area contributed by atoms with Gasteiger partial charge in [0.1, 0.15) is 6.61 Å². The Labute approximate surface area is 478 Å². The van der Waals surface area contributed by atoms with Crippen LogP contribution in [0.5, 0.6) is 0 Å². The predicted octanol–water partition coefficient (Wildman–Crippen LogP) is 24.4. The summed E-state index contributed by atoms with van der Waals surface area (Å²) in [7, 11) is 0. The van der Waals surface area contributed by atoms with E-state index in [0.717, 1.165) is 32.1 Å². The molecule has 0 saturated heterocycles. The van der Waals surface area contributed by atoms with E-state index in [4.69, 9.17) is 9.47 Å². The molecule has 1 atom stereocenters. The number of esters is 2. The van der Waals surface area contributed by atoms with E-state index in [1.165, 1.54) is 366 Å². The van der Waals surface area contributed by atoms with Crippen LogP contribution >= 0.6 is 0 Å². The van der Waals surface area contributed by atoms with E-state index in [9.17, 15) is 14.7 Å². The second-order valence-corrected chi connectivity index (χ2v) is 24.7. The summed E-state index contributed by atoms with van der Waals surface area (Å²) in [4.78, 5) is 24.6. The van der Waals surface area contributed by atoms with Gasteiger partial charge in [-0.25, -0.2) is 0 Å². The number of carbonyl (C=O) groups excluding carboxylic acids is 2. The molecular formula is C71H140O5. The molecule has 76 heavy (non-hydrogen) atoms. The van der Waals surface area contributed by atoms with E-state index in [1.807, 2.05) is 0 Å². The van der Waals surface area contributed by atoms with Gasteiger partial charge in [0.2, 0.25) is 0 Å². The number of rotatable bonds is 68. The smallest absolute Gasteiger partial charge is 0.306 e. The van der Waals surface area contributed by atoms with Crippen LogP contribution in [-0.2, 0) is 19.1 Å². The highest BCUT2D eigenvalue weighted by Crippen LogP contribution is 2.20. The number of hydrogen-bond acceptors (Lipinski definition) is 5. The van der Waals surface area contributed by atoms with Crippen LogP contribution in [0, 0.1) is 0 Å². The normalized spacial score (nSPS) is 12.0. The molecule has 5 heteroatoms. The standard InChI is InChI=1S/C71H140O5/c1-3-5-7-9-11-13-15-17-19-21-23-25-27-29-31-33-35-37-39-41-43-45-47-49-51-53-55-57-59-61-63-65-70(73)75-68-69(67-72)76-71(74)66-64-62-60-58-56-54-52-50-48-46-44-42-40-38-36-34-32-30-28-26-24-22-20-18-16-14-12-10-8-6-4-2/h69,72H,3-68H2,1-2H3. The first-order valence-electron chi connectivity index (χ1n) is 35.6. The molecule has 0 heterocycles. The SMILES string of the molecule is CCCCCCCCCCCCCCCCCCCCCCCCCCCCCCCCCC(=O)OCC(CO)OC(=O)CCCCCCCCCCCCCCCCCCCCCCCCCCCCCCCCC. The quantitative estimate of drug-likeness (QED) is 0.0485. The predicted molar refractivity (Wildman–Crippen MR) is 335 cm³/mol. The first-order valence-corrected chi connectivity index (χ1v) is 35.6. The van der Waals surface area contributed by atoms with Gasteiger partial charge in [0.15, 0.2) is 6.10 Å². The summed E-state index contributed by atoms with van der Waals surface area (Å²) in [5.74, 6) is -0.558. The van der Waals surface area contributed by atoms with Gasteiger partial charge >= 0.3 is 11.9 Å². The minimum atomic E-state index is -0.766. The molecular weight excluding hydrogens is 933 g/mol. The Hall–Kier alpha value is -1.10. The third kappa shape index (κ3) is 65.4. The monoisotopic (exact) mass is 1070 g/mol. The van der Waals surface area contributed by atoms with Gasteiger partial charge < -0.3 is 14.6 Å². The van der Waals surface area contributed by atoms with Crippen LogP contribution in [0.2, 0.25) is 0 Å². The highest BCUT2D eigenvalue weighted by Gasteiger charge is 2.16. The van der Waals surface area contributed by atoms with Crippen molar-refractivity contribution in [2.45, 2.75) is 431 Å². The summed E-state index contributed by atoms with van der Waals surface area (Å²) in [5, 5.41) is 9.70. The topological polar surface area (TPSA) is 72.8 Å². The molecule has 0 aromatic rings. The lowest BCUT2D eigenvalue weighted by atomic mass is 10.0. The van der Waals surface area contributed by atoms with Crippen LogP contribution in [-0.4, -0.2) is 36.4 Å². The Morgan fingerprint density at radius 1 is 0.250 bits per heavy atom. The first kappa shape index (κ1) is 74.9. The van der Waals surface area contributed by atoms with Crippen molar-refractivity contribution in [3.8, 4) is 0 Å². The van der Waals surface area contributed by atoms with E-state index in [-0.39, 0.29) is 25.2 Å². The fraction of sp³-hybridized carbons (Fsp3) is 0.972. The fourth-order valence-corrected chi connectivity index (χ4v) is 11.6. The molecule has 0 aliphatic heterocycles. The first-order chi connectivity index (χ1) is 37.6. The molecule has 1 unspecified atom stereocenters. The van der Waals surface area contributed by atoms with Gasteiger partial charge in [0.25, 0.3) is 0 Å². The molecule has 0 fully saturated rings. The maximum Gasteiger partial charge on any atom is 0.306 e. The van der Waals surface area contributed by atoms with Gasteiger partial charge in [-0.3, -0.25) is 9.59 Å². The second-order valence-electron chi connectivity index (χ2n) is 24.7. The molecule has 0 bridgehead atoms. The van der Waals surface area contributed by atoms with Gasteiger partial charge in [0.05, 0.1) is 6.61 Å². The molecule has 0 amide bonds. The molecule has 0 rings (SSSR count). The maximum absolute atomic E-state index is 12.4. The summed E-state index contributed by atoms with van der Waals surface area (Å²) in [6, 6.07) is 0. The molecule has 0 aliphatic rings. The van der Waals surface area contributed by atoms with E-state index in [1.54, 1.807) is 0 Å². The van der Waals surface area contributed by atoms with Crippen LogP contribution in [0.25, 0.3) is 0 Å². The Morgan fingerprint density at radius 2 is 0.408 bits per heavy atom. The third-order valence-corrected chi connectivity index (χ3v) is 16.9. The van der Waals surface area contributed by atoms with Crippen molar-refractivity contribution in [2.24, 2.45) is 0 Å². The lowest BCUT2D eigenvalue weighted by molar-refractivity contribution is -0.161. The van der Waals surface area contributed by atoms with Crippen LogP contribution in [0.3, 0.4) is 0 Å². The van der Waals surface area contributed by atoms with Gasteiger partial charge in [-0.05, 0) is 12.8 Å². The van der Waals surface area contributed by atoms with Crippen LogP contribution in [0.4, 0.5) is 0 Å². The summed E-state index contributed by atoms with van der Waals surface area (Å²) in [6.45, 7) is 4.23. The largest absolute Gasteiger partial charge is 0.462 e. The summed E-state index contributed by atoms with van der Waals surface area (Å²) >= 11 is 0. The van der Waals surface area contributed by atoms with E-state index in [0.29, 0.717) is 12.8 Å². The van der Waals surface area contributed by atoms with Gasteiger partial charge in [0, 0.05) is 12.8 Å². The molecule has 0 aromatic heterocycles. The van der Waals surface area contributed by atoms with Crippen molar-refractivity contribution >= 4 is 11.9 Å². The number of aliphatic hydroxyl groups excluding tert-OH is 1. The van der Waals surface area contributed by atoms with Gasteiger partial charge in [-0.1, -0.05) is 399 Å². The Bertz CT molecular complexity index is 1080. The Morgan fingerprint density at radius 3 is 0.579 bits per heavy atom. The maximum atomic E-state index is 12.4. The number of ether oxygens (including phenoxy) is 2. The number of aliphatic hydroxyl groups is 1. The summed E-state index contributed by atoms with van der Waals surface area (Å²) in [5.41, 5.74) is 0. The minimum absolute atomic E-state index is 0.0552. The summed E-state index contributed by atoms with van der Waals surface area (Å²) < 4.78 is 10.8. The zero-order chi connectivity index (χ0) is 54.8. The van der Waals surface area contributed by atoms with Crippen molar-refractivity contribution < 1.29 is 24.2 Å². The minimum Gasteiger partial charge on any atom is -0.462 e. The fourth-order valence-electron chi connectivity index (χ4n) is 11.6. The lowest BCUT2D eigenvalue weighted by Gasteiger charge is -2.15. The Balaban J connectivity index is 3.35. The van der Waals surface area contributed by atoms with Crippen LogP contribution in [0.15, 0.2) is 0 Å². The van der Waals surface area contributed by atoms with Crippen molar-refractivity contribution in [1.29, 1.82) is 0 Å². The van der Waals surface area contributed by atoms with E-state index < -0.39 is 6.10 Å². The molecule has 454 valence electrons. The van der Waals surface area contributed by atoms with Crippen molar-refractivity contribution in [1.82, 2.24) is 0 Å². The lowest BCUT2D eigenvalue weighted by Crippen LogP contribution is -2.28. The molecule has 1 N–H and O–H groups in total. The van der Waals surface area contributed by atoms with E-state index >= 15 is 0 Å². The van der Waals surface area contributed by atoms with Gasteiger partial charge in [-0.15, -0.1) is 0 Å². The van der Waals surface area contributed by atoms with Crippen LogP contribution < -0.4 is 0 Å². The summed E-state index contributed by atoms with van der Waals surface area (Å²) in [6.07, 6.45) is 85.9. The average Bonchev–Trinajstić information content (AvgIpc) is 3.42. The molecule has 0 radical (unpaired) electrons. The molecule has 0 aliphatic carbocycles. The Kier molecular flexibility index (Phi) is 67.2. The highest BCUT2D eigenvalue weighted by atomic mass is 16.6. The molecule has 0 spiro atoms. The van der Waals surface area contributed by atoms with Gasteiger partial charge in [-0.2, -0.15) is 0 Å². The number of hydrogen-bond donors (Lipinski definition) is 1. The van der Waals surface area contributed by atoms with Crippen molar-refractivity contribution in [3.05, 3.63) is 0 Å². The molecule has 0 aromatic carbocycles. The molecule has 0 saturated carbocycles. The van der Waals surface area contributed by atoms with Crippen molar-refractivity contribution in [3.63, 3.8) is 0 Å². The third-order valence-electron chi connectivity index (χ3n) is 16.9. The number of unbranched alkanes of at least 4 members (excludes halogenated alkanes) is 60. The highest BCUT2D eigenvalue weighted by molar-refractivity contribution is 5.70. The zero-order valence-electron chi connectivity index (χ0n) is 52.3. The van der Waals surface area contributed by atoms with Crippen LogP contribution in [0.1, 0.15) is 425 Å². The average molecular weight is 1070 g/mol. The zero-order valence-corrected chi connectivity index (χ0v) is 52.3. The number of carbonyl (C=O) groups is 2. The second kappa shape index (κ2) is 68.2. The van der Waals surface area contributed by atoms with Crippen molar-refractivity contribution in [2.75, 3.05) is 13.2 Å². The molecule has 5 nitrogen and oxygen atoms in total.